The summed E-state index contributed by atoms with van der Waals surface area (Å²) in [6.45, 7) is 3.50. The van der Waals surface area contributed by atoms with Gasteiger partial charge in [-0.2, -0.15) is 0 Å². The minimum atomic E-state index is -0.962. The van der Waals surface area contributed by atoms with Crippen LogP contribution in [-0.4, -0.2) is 22.8 Å². The largest absolute Gasteiger partial charge is 0.450 e. The molecule has 0 unspecified atom stereocenters. The Balaban J connectivity index is 2.04. The van der Waals surface area contributed by atoms with Gasteiger partial charge in [-0.05, 0) is 25.0 Å². The van der Waals surface area contributed by atoms with Crippen LogP contribution in [0.2, 0.25) is 0 Å². The quantitative estimate of drug-likeness (QED) is 0.348. The topological polar surface area (TPSA) is 86.5 Å². The second-order valence-corrected chi connectivity index (χ2v) is 5.92. The molecule has 0 aliphatic carbocycles. The summed E-state index contributed by atoms with van der Waals surface area (Å²) >= 11 is 0.719. The summed E-state index contributed by atoms with van der Waals surface area (Å²) in [5.41, 5.74) is 1.57. The Morgan fingerprint density at radius 3 is 2.39 bits per heavy atom. The van der Waals surface area contributed by atoms with Crippen molar-refractivity contribution < 1.29 is 19.2 Å². The molecular weight excluding hydrogens is 318 g/mol. The molecule has 0 radical (unpaired) electrons. The molecule has 0 saturated carbocycles. The third-order valence-corrected chi connectivity index (χ3v) is 4.29. The maximum Gasteiger partial charge on any atom is 0.349 e. The number of benzene rings is 1. The van der Waals surface area contributed by atoms with Gasteiger partial charge in [0.15, 0.2) is 6.10 Å². The molecule has 1 aromatic heterocycles. The van der Waals surface area contributed by atoms with Gasteiger partial charge >= 0.3 is 11.0 Å². The number of hydrogen-bond donors (Lipinski definition) is 0. The number of carbonyl (C=O) groups is 2. The van der Waals surface area contributed by atoms with Crippen LogP contribution in [0.4, 0.5) is 5.00 Å². The lowest BCUT2D eigenvalue weighted by Crippen LogP contribution is -2.24. The molecule has 0 fully saturated rings. The molecule has 1 aromatic carbocycles. The smallest absolute Gasteiger partial charge is 0.349 e. The van der Waals surface area contributed by atoms with E-state index in [2.05, 4.69) is 0 Å². The molecule has 1 heterocycles. The van der Waals surface area contributed by atoms with Gasteiger partial charge in [0, 0.05) is 11.6 Å². The lowest BCUT2D eigenvalue weighted by molar-refractivity contribution is -0.380. The molecule has 2 rings (SSSR count). The highest BCUT2D eigenvalue weighted by Gasteiger charge is 2.23. The van der Waals surface area contributed by atoms with Gasteiger partial charge in [-0.15, -0.1) is 0 Å². The zero-order chi connectivity index (χ0) is 17.0. The van der Waals surface area contributed by atoms with E-state index in [1.54, 1.807) is 12.1 Å². The minimum absolute atomic E-state index is 0.0951. The molecule has 6 nitrogen and oxygen atoms in total. The molecule has 23 heavy (non-hydrogen) atoms. The highest BCUT2D eigenvalue weighted by molar-refractivity contribution is 7.17. The number of carbonyl (C=O) groups excluding carboxylic acids is 2. The van der Waals surface area contributed by atoms with Crippen LogP contribution in [0.1, 0.15) is 39.4 Å². The van der Waals surface area contributed by atoms with Gasteiger partial charge in [0.05, 0.1) is 4.92 Å². The van der Waals surface area contributed by atoms with Gasteiger partial charge in [-0.3, -0.25) is 14.9 Å². The van der Waals surface area contributed by atoms with Crippen LogP contribution in [0.5, 0.6) is 0 Å². The molecule has 0 spiro atoms. The fraction of sp³-hybridized carbons (Fsp3) is 0.250. The van der Waals surface area contributed by atoms with E-state index in [1.807, 2.05) is 19.1 Å². The van der Waals surface area contributed by atoms with E-state index in [9.17, 15) is 19.7 Å². The Labute approximate surface area is 136 Å². The van der Waals surface area contributed by atoms with Crippen molar-refractivity contribution in [1.82, 2.24) is 0 Å². The van der Waals surface area contributed by atoms with Crippen molar-refractivity contribution in [2.24, 2.45) is 0 Å². The standard InChI is InChI=1S/C16H15NO5S/c1-3-11-4-6-12(7-5-11)15(18)10(2)22-16(19)13-8-9-14(23-13)17(20)21/h4-10H,3H2,1-2H3/t10-/m0/s1. The summed E-state index contributed by atoms with van der Waals surface area (Å²) in [7, 11) is 0. The summed E-state index contributed by atoms with van der Waals surface area (Å²) in [4.78, 5) is 34.3. The summed E-state index contributed by atoms with van der Waals surface area (Å²) < 4.78 is 5.10. The first-order valence-electron chi connectivity index (χ1n) is 7.00. The Morgan fingerprint density at radius 1 is 1.22 bits per heavy atom. The number of esters is 1. The summed E-state index contributed by atoms with van der Waals surface area (Å²) in [5.74, 6) is -1.05. The summed E-state index contributed by atoms with van der Waals surface area (Å²) in [6, 6.07) is 9.65. The minimum Gasteiger partial charge on any atom is -0.450 e. The zero-order valence-corrected chi connectivity index (χ0v) is 13.5. The normalized spacial score (nSPS) is 11.7. The molecule has 0 aliphatic rings. The van der Waals surface area contributed by atoms with Crippen LogP contribution in [0.3, 0.4) is 0 Å². The number of nitrogens with zero attached hydrogens (tertiary/aromatic N) is 1. The lowest BCUT2D eigenvalue weighted by atomic mass is 10.0. The Bertz CT molecular complexity index is 735. The van der Waals surface area contributed by atoms with E-state index in [1.165, 1.54) is 19.1 Å². The molecule has 0 N–H and O–H groups in total. The molecule has 120 valence electrons. The molecule has 7 heteroatoms. The van der Waals surface area contributed by atoms with E-state index < -0.39 is 17.0 Å². The zero-order valence-electron chi connectivity index (χ0n) is 12.6. The van der Waals surface area contributed by atoms with Gasteiger partial charge in [-0.1, -0.05) is 42.5 Å². The summed E-state index contributed by atoms with van der Waals surface area (Å²) in [5, 5.41) is 10.5. The Morgan fingerprint density at radius 2 is 1.87 bits per heavy atom. The molecular formula is C16H15NO5S. The predicted octanol–water partition coefficient (Wildman–Crippen LogP) is 3.65. The predicted molar refractivity (Wildman–Crippen MR) is 86.0 cm³/mol. The molecule has 0 saturated heterocycles. The van der Waals surface area contributed by atoms with Crippen LogP contribution in [0.25, 0.3) is 0 Å². The number of ether oxygens (including phenoxy) is 1. The molecule has 1 atom stereocenters. The van der Waals surface area contributed by atoms with Crippen molar-refractivity contribution in [3.05, 3.63) is 62.5 Å². The highest BCUT2D eigenvalue weighted by Crippen LogP contribution is 2.25. The van der Waals surface area contributed by atoms with Crippen LogP contribution in [0, 0.1) is 10.1 Å². The molecule has 0 bridgehead atoms. The van der Waals surface area contributed by atoms with Crippen LogP contribution >= 0.6 is 11.3 Å². The second kappa shape index (κ2) is 7.15. The number of ketones is 1. The maximum atomic E-state index is 12.2. The first-order chi connectivity index (χ1) is 10.9. The van der Waals surface area contributed by atoms with Gasteiger partial charge in [0.2, 0.25) is 5.78 Å². The van der Waals surface area contributed by atoms with E-state index in [0.29, 0.717) is 5.56 Å². The number of Topliss-reactive ketones (excluding diaryl/α,β-unsaturated/α-hetero) is 1. The fourth-order valence-corrected chi connectivity index (χ4v) is 2.65. The third kappa shape index (κ3) is 4.01. The number of thiophene rings is 1. The van der Waals surface area contributed by atoms with Crippen molar-refractivity contribution in [3.8, 4) is 0 Å². The molecule has 2 aromatic rings. The van der Waals surface area contributed by atoms with Crippen molar-refractivity contribution in [3.63, 3.8) is 0 Å². The van der Waals surface area contributed by atoms with Gasteiger partial charge in [-0.25, -0.2) is 4.79 Å². The van der Waals surface area contributed by atoms with Gasteiger partial charge < -0.3 is 4.74 Å². The van der Waals surface area contributed by atoms with Crippen molar-refractivity contribution in [2.75, 3.05) is 0 Å². The van der Waals surface area contributed by atoms with Crippen LogP contribution in [0.15, 0.2) is 36.4 Å². The summed E-state index contributed by atoms with van der Waals surface area (Å²) in [6.07, 6.45) is -0.0907. The first-order valence-corrected chi connectivity index (χ1v) is 7.82. The van der Waals surface area contributed by atoms with Crippen LogP contribution < -0.4 is 0 Å². The number of rotatable bonds is 6. The van der Waals surface area contributed by atoms with E-state index in [-0.39, 0.29) is 15.7 Å². The number of hydrogen-bond acceptors (Lipinski definition) is 6. The monoisotopic (exact) mass is 333 g/mol. The van der Waals surface area contributed by atoms with Crippen molar-refractivity contribution in [2.45, 2.75) is 26.4 Å². The maximum absolute atomic E-state index is 12.2. The average Bonchev–Trinajstić information content (AvgIpc) is 3.04. The molecule has 0 aliphatic heterocycles. The van der Waals surface area contributed by atoms with Crippen molar-refractivity contribution >= 4 is 28.1 Å². The van der Waals surface area contributed by atoms with E-state index in [0.717, 1.165) is 23.3 Å². The number of aryl methyl sites for hydroxylation is 1. The first kappa shape index (κ1) is 16.8. The second-order valence-electron chi connectivity index (χ2n) is 4.86. The number of nitro groups is 1. The van der Waals surface area contributed by atoms with Gasteiger partial charge in [0.25, 0.3) is 0 Å². The Hall–Kier alpha value is -2.54. The average molecular weight is 333 g/mol. The highest BCUT2D eigenvalue weighted by atomic mass is 32.1. The third-order valence-electron chi connectivity index (χ3n) is 3.27. The van der Waals surface area contributed by atoms with E-state index >= 15 is 0 Å². The fourth-order valence-electron chi connectivity index (χ4n) is 1.95. The van der Waals surface area contributed by atoms with Crippen molar-refractivity contribution in [1.29, 1.82) is 0 Å². The Kier molecular flexibility index (Phi) is 5.23. The van der Waals surface area contributed by atoms with Crippen LogP contribution in [-0.2, 0) is 11.2 Å². The lowest BCUT2D eigenvalue weighted by Gasteiger charge is -2.11. The van der Waals surface area contributed by atoms with Gasteiger partial charge in [0.1, 0.15) is 4.88 Å². The SMILES string of the molecule is CCc1ccc(C(=O)[C@H](C)OC(=O)c2ccc([N+](=O)[O-])s2)cc1. The van der Waals surface area contributed by atoms with E-state index in [4.69, 9.17) is 4.74 Å². The molecule has 0 amide bonds.